The van der Waals surface area contributed by atoms with Crippen molar-refractivity contribution in [2.45, 2.75) is 189 Å². The molecule has 3 fully saturated rings. The highest BCUT2D eigenvalue weighted by Gasteiger charge is 2.53. The van der Waals surface area contributed by atoms with E-state index in [-0.39, 0.29) is 18.9 Å². The van der Waals surface area contributed by atoms with Crippen LogP contribution in [0.25, 0.3) is 0 Å². The van der Waals surface area contributed by atoms with Crippen LogP contribution in [-0.2, 0) is 33.2 Å². The number of unbranched alkanes of at least 4 members (excludes halogenated alkanes) is 8. The summed E-state index contributed by atoms with van der Waals surface area (Å²) >= 11 is 0. The van der Waals surface area contributed by atoms with Crippen LogP contribution in [0.15, 0.2) is 12.2 Å². The van der Waals surface area contributed by atoms with Gasteiger partial charge in [-0.1, -0.05) is 70.9 Å². The van der Waals surface area contributed by atoms with Gasteiger partial charge in [-0.05, 0) is 19.3 Å². The lowest BCUT2D eigenvalue weighted by atomic mass is 9.96. The van der Waals surface area contributed by atoms with Gasteiger partial charge in [0.1, 0.15) is 73.2 Å². The van der Waals surface area contributed by atoms with Gasteiger partial charge in [0.15, 0.2) is 18.9 Å². The first-order valence-corrected chi connectivity index (χ1v) is 19.9. The molecule has 0 saturated carbocycles. The molecular weight excluding hydrogens is 746 g/mol. The first-order valence-electron chi connectivity index (χ1n) is 19.9. The van der Waals surface area contributed by atoms with Gasteiger partial charge in [0.2, 0.25) is 5.91 Å². The number of hydrogen-bond acceptors (Lipinski definition) is 18. The number of rotatable bonds is 24. The normalized spacial score (nSPS) is 37.8. The third-order valence-electron chi connectivity index (χ3n) is 10.3. The monoisotopic (exact) mass is 813 g/mol. The van der Waals surface area contributed by atoms with Crippen LogP contribution in [0.3, 0.4) is 0 Å². The lowest BCUT2D eigenvalue weighted by molar-refractivity contribution is -0.379. The Kier molecular flexibility index (Phi) is 22.0. The fourth-order valence-electron chi connectivity index (χ4n) is 6.83. The van der Waals surface area contributed by atoms with Crippen LogP contribution in [-0.4, -0.2) is 193 Å². The van der Waals surface area contributed by atoms with Gasteiger partial charge in [-0.2, -0.15) is 0 Å². The molecule has 0 bridgehead atoms. The molecule has 17 atom stereocenters. The molecule has 3 saturated heterocycles. The summed E-state index contributed by atoms with van der Waals surface area (Å²) in [5.74, 6) is -0.308. The minimum Gasteiger partial charge on any atom is -0.394 e. The predicted molar refractivity (Wildman–Crippen MR) is 194 cm³/mol. The van der Waals surface area contributed by atoms with Gasteiger partial charge in [0, 0.05) is 6.42 Å². The largest absolute Gasteiger partial charge is 0.394 e. The maximum atomic E-state index is 12.7. The number of nitrogens with one attached hydrogen (secondary N) is 1. The van der Waals surface area contributed by atoms with Crippen LogP contribution in [0.4, 0.5) is 0 Å². The second-order valence-electron chi connectivity index (χ2n) is 14.8. The summed E-state index contributed by atoms with van der Waals surface area (Å²) in [5.41, 5.74) is 0. The molecular formula is C37H67NO18. The molecule has 12 N–H and O–H groups in total. The third kappa shape index (κ3) is 13.8. The Hall–Kier alpha value is -1.47. The molecule has 56 heavy (non-hydrogen) atoms. The Bertz CT molecular complexity index is 1120. The maximum absolute atomic E-state index is 12.7. The van der Waals surface area contributed by atoms with E-state index in [0.29, 0.717) is 6.42 Å². The van der Waals surface area contributed by atoms with Crippen molar-refractivity contribution >= 4 is 5.91 Å². The highest BCUT2D eigenvalue weighted by atomic mass is 16.8. The van der Waals surface area contributed by atoms with Crippen molar-refractivity contribution in [3.05, 3.63) is 12.2 Å². The zero-order valence-corrected chi connectivity index (χ0v) is 32.4. The quantitative estimate of drug-likeness (QED) is 0.0346. The summed E-state index contributed by atoms with van der Waals surface area (Å²) in [7, 11) is 0. The van der Waals surface area contributed by atoms with Gasteiger partial charge < -0.3 is 89.9 Å². The summed E-state index contributed by atoms with van der Waals surface area (Å²) in [6.45, 7) is 1.39. The average molecular weight is 814 g/mol. The molecule has 3 heterocycles. The Morgan fingerprint density at radius 1 is 0.625 bits per heavy atom. The van der Waals surface area contributed by atoms with Crippen molar-refractivity contribution in [3.63, 3.8) is 0 Å². The standard InChI is InChI=1S/C37H67NO18/c1-3-5-7-8-9-10-11-13-14-21(42)20(38-25(43)15-12-6-4-2)19-51-35-31(49)28(46)33(23(17-40)53-35)56-37-32(50)29(47)34(24(18-41)54-37)55-36-30(48)27(45)26(44)22(16-39)52-36/h13-14,20-24,26-37,39-42,44-50H,3-12,15-19H2,1-2H3,(H,38,43)/b14-13+. The Morgan fingerprint density at radius 3 is 1.68 bits per heavy atom. The van der Waals surface area contributed by atoms with Gasteiger partial charge in [-0.3, -0.25) is 4.79 Å². The Labute approximate surface area is 327 Å². The lowest BCUT2D eigenvalue weighted by Crippen LogP contribution is -2.66. The molecule has 19 heteroatoms. The molecule has 3 aliphatic heterocycles. The molecule has 0 aromatic rings. The first kappa shape index (κ1) is 48.9. The minimum absolute atomic E-state index is 0.229. The second-order valence-corrected chi connectivity index (χ2v) is 14.8. The summed E-state index contributed by atoms with van der Waals surface area (Å²) in [5, 5.41) is 118. The Balaban J connectivity index is 1.64. The van der Waals surface area contributed by atoms with Crippen LogP contribution in [0.1, 0.15) is 84.5 Å². The van der Waals surface area contributed by atoms with Crippen molar-refractivity contribution in [2.24, 2.45) is 0 Å². The van der Waals surface area contributed by atoms with Gasteiger partial charge in [0.05, 0.1) is 38.6 Å². The van der Waals surface area contributed by atoms with Crippen molar-refractivity contribution in [1.82, 2.24) is 5.32 Å². The SMILES string of the molecule is CCCCCCCC/C=C/C(O)C(COC1OC(CO)C(OC2OC(CO)C(OC3OC(CO)C(O)C(O)C3O)C(O)C2O)C(O)C1O)NC(=O)CCCCC. The number of ether oxygens (including phenoxy) is 6. The molecule has 3 aliphatic rings. The summed E-state index contributed by atoms with van der Waals surface area (Å²) in [4.78, 5) is 12.7. The number of aliphatic hydroxyl groups is 11. The summed E-state index contributed by atoms with van der Waals surface area (Å²) < 4.78 is 33.7. The van der Waals surface area contributed by atoms with Crippen LogP contribution in [0.5, 0.6) is 0 Å². The van der Waals surface area contributed by atoms with Crippen LogP contribution < -0.4 is 5.32 Å². The maximum Gasteiger partial charge on any atom is 0.220 e. The van der Waals surface area contributed by atoms with Gasteiger partial charge >= 0.3 is 0 Å². The molecule has 1 amide bonds. The number of carbonyl (C=O) groups is 1. The highest BCUT2D eigenvalue weighted by molar-refractivity contribution is 5.76. The molecule has 0 spiro atoms. The molecule has 17 unspecified atom stereocenters. The number of hydrogen-bond donors (Lipinski definition) is 12. The van der Waals surface area contributed by atoms with Gasteiger partial charge in [-0.25, -0.2) is 0 Å². The molecule has 0 aromatic heterocycles. The molecule has 19 nitrogen and oxygen atoms in total. The lowest BCUT2D eigenvalue weighted by Gasteiger charge is -2.48. The van der Waals surface area contributed by atoms with E-state index in [1.807, 2.05) is 13.0 Å². The molecule has 328 valence electrons. The van der Waals surface area contributed by atoms with Crippen LogP contribution in [0.2, 0.25) is 0 Å². The van der Waals surface area contributed by atoms with E-state index in [2.05, 4.69) is 12.2 Å². The fourth-order valence-corrected chi connectivity index (χ4v) is 6.83. The number of aliphatic hydroxyl groups excluding tert-OH is 11. The highest BCUT2D eigenvalue weighted by Crippen LogP contribution is 2.32. The van der Waals surface area contributed by atoms with Crippen molar-refractivity contribution in [1.29, 1.82) is 0 Å². The second kappa shape index (κ2) is 25.2. The summed E-state index contributed by atoms with van der Waals surface area (Å²) in [6, 6.07) is -0.958. The van der Waals surface area contributed by atoms with Gasteiger partial charge in [-0.15, -0.1) is 0 Å². The zero-order chi connectivity index (χ0) is 41.4. The molecule has 0 aromatic carbocycles. The van der Waals surface area contributed by atoms with Crippen molar-refractivity contribution in [2.75, 3.05) is 26.4 Å². The van der Waals surface area contributed by atoms with Crippen LogP contribution in [0, 0.1) is 0 Å². The van der Waals surface area contributed by atoms with E-state index < -0.39 is 124 Å². The summed E-state index contributed by atoms with van der Waals surface area (Å²) in [6.07, 6.45) is -13.3. The smallest absolute Gasteiger partial charge is 0.220 e. The molecule has 0 radical (unpaired) electrons. The zero-order valence-electron chi connectivity index (χ0n) is 32.4. The first-order chi connectivity index (χ1) is 26.8. The van der Waals surface area contributed by atoms with E-state index in [1.54, 1.807) is 6.08 Å². The van der Waals surface area contributed by atoms with E-state index in [0.717, 1.165) is 44.9 Å². The Morgan fingerprint density at radius 2 is 1.11 bits per heavy atom. The number of allylic oxidation sites excluding steroid dienone is 1. The fraction of sp³-hybridized carbons (Fsp3) is 0.919. The number of amides is 1. The van der Waals surface area contributed by atoms with Crippen molar-refractivity contribution < 1.29 is 89.4 Å². The van der Waals surface area contributed by atoms with E-state index >= 15 is 0 Å². The molecule has 0 aliphatic carbocycles. The average Bonchev–Trinajstić information content (AvgIpc) is 3.19. The van der Waals surface area contributed by atoms with Gasteiger partial charge in [0.25, 0.3) is 0 Å². The van der Waals surface area contributed by atoms with Crippen LogP contribution >= 0.6 is 0 Å². The topological polar surface area (TPSA) is 307 Å². The minimum atomic E-state index is -1.97. The predicted octanol–water partition coefficient (Wildman–Crippen LogP) is -2.82. The number of carbonyl (C=O) groups excluding carboxylic acids is 1. The molecule has 3 rings (SSSR count). The van der Waals surface area contributed by atoms with E-state index in [4.69, 9.17) is 28.4 Å². The third-order valence-corrected chi connectivity index (χ3v) is 10.3. The van der Waals surface area contributed by atoms with E-state index in [9.17, 15) is 61.0 Å². The van der Waals surface area contributed by atoms with E-state index in [1.165, 1.54) is 12.8 Å². The van der Waals surface area contributed by atoms with Crippen molar-refractivity contribution in [3.8, 4) is 0 Å².